The lowest BCUT2D eigenvalue weighted by atomic mass is 9.93. The van der Waals surface area contributed by atoms with E-state index in [0.29, 0.717) is 0 Å². The molecule has 0 fully saturated rings. The molecule has 6 N–H and O–H groups in total. The summed E-state index contributed by atoms with van der Waals surface area (Å²) in [7, 11) is 0. The molecule has 0 saturated heterocycles. The molecule has 0 unspecified atom stereocenters. The van der Waals surface area contributed by atoms with Gasteiger partial charge in [-0.1, -0.05) is 0 Å². The fourth-order valence-corrected chi connectivity index (χ4v) is 0.748. The molecule has 0 bridgehead atoms. The summed E-state index contributed by atoms with van der Waals surface area (Å²) in [6.07, 6.45) is 0.898. The minimum Gasteiger partial charge on any atom is -0.500 e. The minimum atomic E-state index is -1.31. The van der Waals surface area contributed by atoms with Gasteiger partial charge in [0.1, 0.15) is 6.42 Å². The van der Waals surface area contributed by atoms with Crippen LogP contribution in [0.1, 0.15) is 6.42 Å². The summed E-state index contributed by atoms with van der Waals surface area (Å²) in [5.74, 6) is -3.78. The maximum atomic E-state index is 10.0. The number of hydrogen-bond donors (Lipinski definition) is 6. The third-order valence-corrected chi connectivity index (χ3v) is 2.01. The van der Waals surface area contributed by atoms with E-state index >= 15 is 0 Å². The summed E-state index contributed by atoms with van der Waals surface area (Å²) in [5.41, 5.74) is -1.14. The van der Waals surface area contributed by atoms with Crippen molar-refractivity contribution in [3.8, 4) is 0 Å². The van der Waals surface area contributed by atoms with Crippen LogP contribution in [0.3, 0.4) is 0 Å². The minimum absolute atomic E-state index is 0.153. The van der Waals surface area contributed by atoms with E-state index in [2.05, 4.69) is 0 Å². The summed E-state index contributed by atoms with van der Waals surface area (Å²) in [6, 6.07) is 0. The van der Waals surface area contributed by atoms with Crippen LogP contribution in [-0.4, -0.2) is 75.0 Å². The van der Waals surface area contributed by atoms with Gasteiger partial charge in [0.25, 0.3) is 0 Å². The van der Waals surface area contributed by atoms with Crippen LogP contribution in [0, 0.1) is 5.41 Å². The lowest BCUT2D eigenvalue weighted by Crippen LogP contribution is -2.38. The van der Waals surface area contributed by atoms with E-state index in [1.165, 1.54) is 0 Å². The molecule has 0 aliphatic heterocycles. The molecule has 0 heterocycles. The van der Waals surface area contributed by atoms with Gasteiger partial charge in [-0.05, 0) is 0 Å². The number of aliphatic hydroxyl groups excluding tert-OH is 3. The van der Waals surface area contributed by atoms with Gasteiger partial charge in [-0.15, -0.1) is 0 Å². The zero-order chi connectivity index (χ0) is 16.9. The average Bonchev–Trinajstić information content (AvgIpc) is 2.39. The van der Waals surface area contributed by atoms with Crippen LogP contribution < -0.4 is 0 Å². The Hall–Kier alpha value is -2.17. The van der Waals surface area contributed by atoms with E-state index in [1.54, 1.807) is 0 Å². The number of hydrogen-bond acceptors (Lipinski definition) is 7. The van der Waals surface area contributed by atoms with Gasteiger partial charge in [0.15, 0.2) is 0 Å². The van der Waals surface area contributed by atoms with Crippen LogP contribution in [-0.2, 0) is 19.1 Å². The van der Waals surface area contributed by atoms with E-state index in [1.807, 2.05) is 0 Å². The summed E-state index contributed by atoms with van der Waals surface area (Å²) in [5, 5.41) is 50.1. The van der Waals surface area contributed by atoms with Crippen LogP contribution in [0.5, 0.6) is 0 Å². The summed E-state index contributed by atoms with van der Waals surface area (Å²) in [6.45, 7) is -1.48. The van der Waals surface area contributed by atoms with Gasteiger partial charge in [-0.3, -0.25) is 9.59 Å². The first kappa shape index (κ1) is 21.1. The SMILES string of the molecule is O=C(O)C=COCC(CO)(CO)CO.O=C(O)CC(=O)O. The van der Waals surface area contributed by atoms with Crippen LogP contribution in [0.15, 0.2) is 12.3 Å². The van der Waals surface area contributed by atoms with Crippen molar-refractivity contribution in [1.82, 2.24) is 0 Å². The Morgan fingerprint density at radius 3 is 1.57 bits per heavy atom. The zero-order valence-corrected chi connectivity index (χ0v) is 11.0. The average molecular weight is 310 g/mol. The fourth-order valence-electron chi connectivity index (χ4n) is 0.748. The molecule has 10 nitrogen and oxygen atoms in total. The molecule has 0 atom stereocenters. The molecular formula is C11H18O10. The molecule has 0 radical (unpaired) electrons. The quantitative estimate of drug-likeness (QED) is 0.160. The number of aliphatic hydroxyl groups is 3. The zero-order valence-electron chi connectivity index (χ0n) is 11.0. The third kappa shape index (κ3) is 12.6. The molecule has 0 aromatic rings. The predicted molar refractivity (Wildman–Crippen MR) is 66.3 cm³/mol. The number of ether oxygens (including phenoxy) is 1. The second kappa shape index (κ2) is 11.6. The third-order valence-electron chi connectivity index (χ3n) is 2.01. The first-order valence-electron chi connectivity index (χ1n) is 5.50. The number of rotatable bonds is 9. The summed E-state index contributed by atoms with van der Waals surface area (Å²) in [4.78, 5) is 28.9. The Kier molecular flexibility index (Phi) is 11.7. The Morgan fingerprint density at radius 1 is 0.905 bits per heavy atom. The fraction of sp³-hybridized carbons (Fsp3) is 0.545. The van der Waals surface area contributed by atoms with Crippen molar-refractivity contribution in [3.05, 3.63) is 12.3 Å². The highest BCUT2D eigenvalue weighted by Gasteiger charge is 2.28. The number of carboxylic acid groups (broad SMARTS) is 3. The lowest BCUT2D eigenvalue weighted by molar-refractivity contribution is -0.147. The van der Waals surface area contributed by atoms with Crippen molar-refractivity contribution in [2.24, 2.45) is 5.41 Å². The van der Waals surface area contributed by atoms with Crippen molar-refractivity contribution < 1.29 is 49.8 Å². The Bertz CT molecular complexity index is 338. The first-order valence-corrected chi connectivity index (χ1v) is 5.50. The molecule has 122 valence electrons. The van der Waals surface area contributed by atoms with Gasteiger partial charge in [-0.2, -0.15) is 0 Å². The van der Waals surface area contributed by atoms with Gasteiger partial charge in [0.05, 0.1) is 44.2 Å². The van der Waals surface area contributed by atoms with Gasteiger partial charge < -0.3 is 35.4 Å². The van der Waals surface area contributed by atoms with E-state index in [4.69, 9.17) is 35.4 Å². The molecule has 0 aromatic heterocycles. The second-order valence-electron chi connectivity index (χ2n) is 3.89. The van der Waals surface area contributed by atoms with Gasteiger partial charge >= 0.3 is 17.9 Å². The van der Waals surface area contributed by atoms with Crippen molar-refractivity contribution >= 4 is 17.9 Å². The van der Waals surface area contributed by atoms with Crippen LogP contribution in [0.2, 0.25) is 0 Å². The molecule has 0 spiro atoms. The summed E-state index contributed by atoms with van der Waals surface area (Å²) >= 11 is 0. The topological polar surface area (TPSA) is 182 Å². The lowest BCUT2D eigenvalue weighted by Gasteiger charge is -2.25. The molecule has 0 amide bonds. The Balaban J connectivity index is 0. The molecule has 10 heteroatoms. The molecule has 0 aliphatic carbocycles. The monoisotopic (exact) mass is 310 g/mol. The van der Waals surface area contributed by atoms with Crippen LogP contribution >= 0.6 is 0 Å². The Labute approximate surface area is 119 Å². The number of carboxylic acids is 3. The van der Waals surface area contributed by atoms with E-state index < -0.39 is 49.6 Å². The number of carbonyl (C=O) groups is 3. The van der Waals surface area contributed by atoms with Gasteiger partial charge in [0, 0.05) is 0 Å². The van der Waals surface area contributed by atoms with Crippen molar-refractivity contribution in [3.63, 3.8) is 0 Å². The molecule has 0 aliphatic rings. The van der Waals surface area contributed by atoms with Crippen LogP contribution in [0.25, 0.3) is 0 Å². The van der Waals surface area contributed by atoms with Crippen molar-refractivity contribution in [2.75, 3.05) is 26.4 Å². The standard InChI is InChI=1S/C8H14O6.C3H4O4/c9-3-8(4-10,5-11)6-14-2-1-7(12)13;4-2(5)1-3(6)7/h1-2,9-11H,3-6H2,(H,12,13);1H2,(H,4,5)(H,6,7). The number of aliphatic carboxylic acids is 3. The molecular weight excluding hydrogens is 292 g/mol. The summed E-state index contributed by atoms with van der Waals surface area (Å²) < 4.78 is 4.74. The van der Waals surface area contributed by atoms with Crippen molar-refractivity contribution in [2.45, 2.75) is 6.42 Å². The van der Waals surface area contributed by atoms with Crippen molar-refractivity contribution in [1.29, 1.82) is 0 Å². The molecule has 0 saturated carbocycles. The highest BCUT2D eigenvalue weighted by Crippen LogP contribution is 2.14. The maximum Gasteiger partial charge on any atom is 0.331 e. The van der Waals surface area contributed by atoms with Crippen LogP contribution in [0.4, 0.5) is 0 Å². The van der Waals surface area contributed by atoms with E-state index in [0.717, 1.165) is 12.3 Å². The smallest absolute Gasteiger partial charge is 0.331 e. The maximum absolute atomic E-state index is 10.0. The van der Waals surface area contributed by atoms with E-state index in [9.17, 15) is 14.4 Å². The largest absolute Gasteiger partial charge is 0.500 e. The van der Waals surface area contributed by atoms with Gasteiger partial charge in [-0.25, -0.2) is 4.79 Å². The normalized spacial score (nSPS) is 10.6. The van der Waals surface area contributed by atoms with E-state index in [-0.39, 0.29) is 6.61 Å². The molecule has 0 rings (SSSR count). The van der Waals surface area contributed by atoms with Gasteiger partial charge in [0.2, 0.25) is 0 Å². The molecule has 0 aromatic carbocycles. The predicted octanol–water partition coefficient (Wildman–Crippen LogP) is -1.89. The second-order valence-corrected chi connectivity index (χ2v) is 3.89. The highest BCUT2D eigenvalue weighted by molar-refractivity contribution is 5.88. The first-order chi connectivity index (χ1) is 9.72. The molecule has 21 heavy (non-hydrogen) atoms. The Morgan fingerprint density at radius 2 is 1.33 bits per heavy atom. The highest BCUT2D eigenvalue weighted by atomic mass is 16.5.